The lowest BCUT2D eigenvalue weighted by Gasteiger charge is -2.07. The van der Waals surface area contributed by atoms with Crippen LogP contribution in [0.2, 0.25) is 0 Å². The average Bonchev–Trinajstić information content (AvgIpc) is 3.28. The van der Waals surface area contributed by atoms with Gasteiger partial charge in [0.25, 0.3) is 0 Å². The number of H-pyrrole nitrogens is 1. The van der Waals surface area contributed by atoms with Crippen LogP contribution in [-0.4, -0.2) is 43.6 Å². The number of aliphatic imine (C=N–C) groups is 2. The predicted molar refractivity (Wildman–Crippen MR) is 87.9 cm³/mol. The maximum atomic E-state index is 11.0. The first-order valence-electron chi connectivity index (χ1n) is 7.23. The van der Waals surface area contributed by atoms with Crippen LogP contribution in [0.4, 0.5) is 4.79 Å². The fraction of sp³-hybridized carbons (Fsp3) is 0.0625. The quantitative estimate of drug-likeness (QED) is 0.792. The van der Waals surface area contributed by atoms with Gasteiger partial charge in [0, 0.05) is 18.2 Å². The molecular formula is C16H11N7O. The Hall–Kier alpha value is -3.55. The van der Waals surface area contributed by atoms with Gasteiger partial charge >= 0.3 is 6.03 Å². The summed E-state index contributed by atoms with van der Waals surface area (Å²) in [6.45, 7) is 0. The van der Waals surface area contributed by atoms with Crippen LogP contribution in [0.3, 0.4) is 0 Å². The number of nitrogens with zero attached hydrogens (tertiary/aromatic N) is 6. The van der Waals surface area contributed by atoms with E-state index in [1.807, 2.05) is 36.4 Å². The second-order valence-electron chi connectivity index (χ2n) is 5.15. The van der Waals surface area contributed by atoms with Gasteiger partial charge in [-0.05, 0) is 22.4 Å². The van der Waals surface area contributed by atoms with Crippen molar-refractivity contribution >= 4 is 18.0 Å². The number of aromatic nitrogens is 5. The van der Waals surface area contributed by atoms with Crippen LogP contribution in [0.5, 0.6) is 0 Å². The summed E-state index contributed by atoms with van der Waals surface area (Å²) in [5.41, 5.74) is 4.28. The number of aromatic amines is 1. The van der Waals surface area contributed by atoms with Crippen LogP contribution < -0.4 is 0 Å². The topological polar surface area (TPSA) is 109 Å². The number of amides is 2. The van der Waals surface area contributed by atoms with Crippen LogP contribution in [0.15, 0.2) is 52.6 Å². The van der Waals surface area contributed by atoms with Gasteiger partial charge < -0.3 is 0 Å². The molecule has 3 heterocycles. The Balaban J connectivity index is 1.63. The van der Waals surface area contributed by atoms with E-state index in [9.17, 15) is 4.79 Å². The number of carbonyl (C=O) groups excluding carboxylic acids is 1. The number of hydrogen-bond acceptors (Lipinski definition) is 5. The molecule has 1 aliphatic rings. The minimum Gasteiger partial charge on any atom is -0.252 e. The Morgan fingerprint density at radius 2 is 1.96 bits per heavy atom. The summed E-state index contributed by atoms with van der Waals surface area (Å²) in [5.74, 6) is 0.449. The summed E-state index contributed by atoms with van der Waals surface area (Å²) < 4.78 is 0. The third-order valence-electron chi connectivity index (χ3n) is 3.58. The first kappa shape index (κ1) is 14.1. The van der Waals surface area contributed by atoms with E-state index >= 15 is 0 Å². The van der Waals surface area contributed by atoms with E-state index in [0.717, 1.165) is 16.7 Å². The van der Waals surface area contributed by atoms with Crippen LogP contribution in [0, 0.1) is 0 Å². The summed E-state index contributed by atoms with van der Waals surface area (Å²) in [4.78, 5) is 22.8. The number of pyridine rings is 1. The van der Waals surface area contributed by atoms with Gasteiger partial charge in [0.05, 0.1) is 11.9 Å². The van der Waals surface area contributed by atoms with Gasteiger partial charge in [-0.15, -0.1) is 10.2 Å². The molecule has 0 fully saturated rings. The van der Waals surface area contributed by atoms with Gasteiger partial charge in [0.15, 0.2) is 0 Å². The lowest BCUT2D eigenvalue weighted by Crippen LogP contribution is -2.01. The molecule has 0 atom stereocenters. The maximum absolute atomic E-state index is 11.0. The zero-order valence-electron chi connectivity index (χ0n) is 12.4. The van der Waals surface area contributed by atoms with E-state index in [1.165, 1.54) is 6.21 Å². The second kappa shape index (κ2) is 5.92. The molecule has 0 unspecified atom stereocenters. The molecule has 0 spiro atoms. The van der Waals surface area contributed by atoms with Crippen molar-refractivity contribution in [2.24, 2.45) is 9.98 Å². The molecule has 1 aliphatic heterocycles. The van der Waals surface area contributed by atoms with Gasteiger partial charge in [-0.25, -0.2) is 4.79 Å². The van der Waals surface area contributed by atoms with Crippen molar-refractivity contribution in [1.29, 1.82) is 0 Å². The number of nitrogens with one attached hydrogen (secondary N) is 1. The Morgan fingerprint density at radius 1 is 1.08 bits per heavy atom. The highest BCUT2D eigenvalue weighted by molar-refractivity contribution is 6.37. The molecule has 0 radical (unpaired) electrons. The van der Waals surface area contributed by atoms with Crippen LogP contribution >= 0.6 is 0 Å². The van der Waals surface area contributed by atoms with Gasteiger partial charge in [-0.2, -0.15) is 15.2 Å². The van der Waals surface area contributed by atoms with Crippen molar-refractivity contribution in [3.8, 4) is 22.6 Å². The lowest BCUT2D eigenvalue weighted by molar-refractivity contribution is 0.257. The van der Waals surface area contributed by atoms with Gasteiger partial charge in [0.2, 0.25) is 5.82 Å². The molecule has 0 saturated heterocycles. The molecule has 0 saturated carbocycles. The van der Waals surface area contributed by atoms with Crippen molar-refractivity contribution in [2.45, 2.75) is 6.42 Å². The monoisotopic (exact) mass is 317 g/mol. The van der Waals surface area contributed by atoms with Crippen molar-refractivity contribution in [1.82, 2.24) is 25.6 Å². The molecule has 3 aromatic rings. The van der Waals surface area contributed by atoms with Gasteiger partial charge in [-0.3, -0.25) is 4.98 Å². The highest BCUT2D eigenvalue weighted by atomic mass is 16.2. The summed E-state index contributed by atoms with van der Waals surface area (Å²) in [5, 5.41) is 14.0. The van der Waals surface area contributed by atoms with Gasteiger partial charge in [0.1, 0.15) is 5.69 Å². The van der Waals surface area contributed by atoms with E-state index in [-0.39, 0.29) is 0 Å². The van der Waals surface area contributed by atoms with E-state index < -0.39 is 6.03 Å². The minimum atomic E-state index is -0.443. The van der Waals surface area contributed by atoms with Crippen LogP contribution in [0.1, 0.15) is 5.56 Å². The SMILES string of the molecule is O=C1N=CC(Cc2ccc(-c3cccnc3-c3nn[nH]n3)cc2)=N1. The molecular weight excluding hydrogens is 306 g/mol. The third kappa shape index (κ3) is 2.72. The fourth-order valence-corrected chi connectivity index (χ4v) is 2.49. The number of hydrogen-bond donors (Lipinski definition) is 1. The molecule has 2 aromatic heterocycles. The molecule has 0 aliphatic carbocycles. The Morgan fingerprint density at radius 3 is 2.67 bits per heavy atom. The number of rotatable bonds is 4. The lowest BCUT2D eigenvalue weighted by atomic mass is 10.0. The van der Waals surface area contributed by atoms with Crippen molar-refractivity contribution in [3.63, 3.8) is 0 Å². The summed E-state index contributed by atoms with van der Waals surface area (Å²) in [6, 6.07) is 11.3. The van der Waals surface area contributed by atoms with E-state index in [0.29, 0.717) is 23.7 Å². The number of benzene rings is 1. The molecule has 8 heteroatoms. The van der Waals surface area contributed by atoms with Crippen LogP contribution in [0.25, 0.3) is 22.6 Å². The first-order valence-corrected chi connectivity index (χ1v) is 7.23. The average molecular weight is 317 g/mol. The van der Waals surface area contributed by atoms with Crippen LogP contribution in [-0.2, 0) is 6.42 Å². The Labute approximate surface area is 136 Å². The second-order valence-corrected chi connectivity index (χ2v) is 5.15. The highest BCUT2D eigenvalue weighted by Crippen LogP contribution is 2.27. The summed E-state index contributed by atoms with van der Waals surface area (Å²) in [7, 11) is 0. The molecule has 8 nitrogen and oxygen atoms in total. The fourth-order valence-electron chi connectivity index (χ4n) is 2.49. The van der Waals surface area contributed by atoms with Crippen molar-refractivity contribution < 1.29 is 4.79 Å². The number of carbonyl (C=O) groups is 1. The third-order valence-corrected chi connectivity index (χ3v) is 3.58. The van der Waals surface area contributed by atoms with Gasteiger partial charge in [-0.1, -0.05) is 30.3 Å². The molecule has 116 valence electrons. The minimum absolute atomic E-state index is 0.443. The van der Waals surface area contributed by atoms with Crippen molar-refractivity contribution in [3.05, 3.63) is 48.2 Å². The number of urea groups is 1. The molecule has 1 N–H and O–H groups in total. The summed E-state index contributed by atoms with van der Waals surface area (Å²) in [6.07, 6.45) is 3.77. The van der Waals surface area contributed by atoms with E-state index in [4.69, 9.17) is 0 Å². The molecule has 24 heavy (non-hydrogen) atoms. The molecule has 2 amide bonds. The molecule has 0 bridgehead atoms. The predicted octanol–water partition coefficient (Wildman–Crippen LogP) is 2.12. The van der Waals surface area contributed by atoms with E-state index in [2.05, 4.69) is 35.6 Å². The maximum Gasteiger partial charge on any atom is 0.367 e. The largest absolute Gasteiger partial charge is 0.367 e. The summed E-state index contributed by atoms with van der Waals surface area (Å²) >= 11 is 0. The molecule has 1 aromatic carbocycles. The Bertz CT molecular complexity index is 943. The highest BCUT2D eigenvalue weighted by Gasteiger charge is 2.13. The smallest absolute Gasteiger partial charge is 0.252 e. The van der Waals surface area contributed by atoms with Crippen molar-refractivity contribution in [2.75, 3.05) is 0 Å². The zero-order valence-corrected chi connectivity index (χ0v) is 12.4. The van der Waals surface area contributed by atoms with E-state index in [1.54, 1.807) is 6.20 Å². The first-order chi connectivity index (χ1) is 11.8. The normalized spacial score (nSPS) is 13.3. The standard InChI is InChI=1S/C16H11N7O/c24-16-18-9-12(19-16)8-10-3-5-11(6-4-10)13-2-1-7-17-14(13)15-20-22-23-21-15/h1-7,9H,8H2,(H,20,21,22,23). The Kier molecular flexibility index (Phi) is 3.47. The molecule has 4 rings (SSSR count). The zero-order chi connectivity index (χ0) is 16.4. The number of tetrazole rings is 1.